The predicted octanol–water partition coefficient (Wildman–Crippen LogP) is 2.30. The molecule has 0 atom stereocenters. The van der Waals surface area contributed by atoms with Gasteiger partial charge in [-0.05, 0) is 24.8 Å². The van der Waals surface area contributed by atoms with Crippen LogP contribution in [0.25, 0.3) is 0 Å². The van der Waals surface area contributed by atoms with Crippen molar-refractivity contribution < 1.29 is 13.7 Å². The van der Waals surface area contributed by atoms with E-state index in [9.17, 15) is 0 Å². The van der Waals surface area contributed by atoms with E-state index in [0.717, 1.165) is 0 Å². The molecule has 0 nitrogen and oxygen atoms in total. The minimum Gasteiger partial charge on any atom is -0.0620 e. The lowest BCUT2D eigenvalue weighted by molar-refractivity contribution is 1.34. The number of benzene rings is 1. The van der Waals surface area contributed by atoms with E-state index in [0.29, 0.717) is 0 Å². The lowest BCUT2D eigenvalue weighted by Gasteiger charge is -1.93. The maximum Gasteiger partial charge on any atom is 0.0626 e. The topological polar surface area (TPSA) is 0 Å². The highest BCUT2D eigenvalue weighted by atomic mass is 13.9. The first-order valence-corrected chi connectivity index (χ1v) is 2.00. The monoisotopic (exact) mass is 116 g/mol. The van der Waals surface area contributed by atoms with Gasteiger partial charge in [-0.15, -0.1) is 0 Å². The molecule has 0 spiro atoms. The number of hydrogen-bond acceptors (Lipinski definition) is 0. The van der Waals surface area contributed by atoms with E-state index < -0.39 is 49.0 Å². The van der Waals surface area contributed by atoms with E-state index in [1.165, 1.54) is 0 Å². The zero-order valence-electron chi connectivity index (χ0n) is 14.0. The van der Waals surface area contributed by atoms with Crippen LogP contribution in [-0.4, -0.2) is 0 Å². The quantitative estimate of drug-likeness (QED) is 0.488. The Morgan fingerprint density at radius 2 is 1.75 bits per heavy atom. The van der Waals surface area contributed by atoms with E-state index >= 15 is 0 Å². The third-order valence-corrected chi connectivity index (χ3v) is 0.688. The van der Waals surface area contributed by atoms with Gasteiger partial charge in [-0.25, -0.2) is 0 Å². The molecule has 1 rings (SSSR count). The summed E-state index contributed by atoms with van der Waals surface area (Å²) < 4.78 is 73.2. The molecule has 8 heavy (non-hydrogen) atoms. The highest BCUT2D eigenvalue weighted by Crippen LogP contribution is 2.02. The normalized spacial score (nSPS) is 30.5. The summed E-state index contributed by atoms with van der Waals surface area (Å²) in [5.74, 6) is 0. The summed E-state index contributed by atoms with van der Waals surface area (Å²) in [6.45, 7) is -5.83. The van der Waals surface area contributed by atoms with Crippen LogP contribution in [0.15, 0.2) is 24.2 Å². The molecule has 0 N–H and O–H groups in total. The Morgan fingerprint density at radius 3 is 2.12 bits per heavy atom. The molecule has 0 amide bonds. The van der Waals surface area contributed by atoms with Gasteiger partial charge in [0.1, 0.15) is 0 Å². The van der Waals surface area contributed by atoms with Crippen LogP contribution in [0.1, 0.15) is 24.8 Å². The molecule has 0 saturated carbocycles. The van der Waals surface area contributed by atoms with Crippen molar-refractivity contribution in [3.63, 3.8) is 0 Å². The summed E-state index contributed by atoms with van der Waals surface area (Å²) in [7, 11) is 0. The average Bonchev–Trinajstić information content (AvgIpc) is 2.16. The van der Waals surface area contributed by atoms with Gasteiger partial charge in [-0.2, -0.15) is 0 Å². The van der Waals surface area contributed by atoms with Gasteiger partial charge in [0.05, 0.1) is 5.48 Å². The van der Waals surface area contributed by atoms with Crippen molar-refractivity contribution in [3.8, 4) is 0 Å². The largest absolute Gasteiger partial charge is 0.0626 e. The fourth-order valence-electron chi connectivity index (χ4n) is 0.312. The van der Waals surface area contributed by atoms with Crippen molar-refractivity contribution in [2.24, 2.45) is 0 Å². The summed E-state index contributed by atoms with van der Waals surface area (Å²) >= 11 is 0. The second-order valence-electron chi connectivity index (χ2n) is 1.25. The Morgan fingerprint density at radius 1 is 1.25 bits per heavy atom. The maximum atomic E-state index is 7.51. The van der Waals surface area contributed by atoms with E-state index in [1.807, 2.05) is 0 Å². The Kier molecular flexibility index (Phi) is 0.235. The fourth-order valence-corrected chi connectivity index (χ4v) is 0.312. The molecule has 0 radical (unpaired) electrons. The number of hydrogen-bond donors (Lipinski definition) is 0. The zero-order chi connectivity index (χ0) is 14.5. The van der Waals surface area contributed by atoms with Crippen LogP contribution in [0.4, 0.5) is 0 Å². The third kappa shape index (κ3) is 0.890. The molecule has 0 bridgehead atoms. The molecule has 0 aliphatic heterocycles. The second-order valence-corrected chi connectivity index (χ2v) is 1.25. The Bertz CT molecular complexity index is 435. The van der Waals surface area contributed by atoms with Crippen molar-refractivity contribution in [3.05, 3.63) is 35.3 Å². The standard InChI is InChI=1S/C8H10/c1-7-5-3-4-6-8(7)2/h3-6H,1-2H3/i1D3,2D3,3D,4D,5D,6D. The smallest absolute Gasteiger partial charge is 0.0620 e. The summed E-state index contributed by atoms with van der Waals surface area (Å²) in [5, 5.41) is 0. The summed E-state index contributed by atoms with van der Waals surface area (Å²) in [4.78, 5) is 0. The van der Waals surface area contributed by atoms with Gasteiger partial charge in [-0.3, -0.25) is 0 Å². The highest BCUT2D eigenvalue weighted by molar-refractivity contribution is 5.23. The minimum absolute atomic E-state index is 0.751. The van der Waals surface area contributed by atoms with Crippen LogP contribution in [0.5, 0.6) is 0 Å². The van der Waals surface area contributed by atoms with Gasteiger partial charge in [0.15, 0.2) is 0 Å². The Labute approximate surface area is 64.2 Å². The highest BCUT2D eigenvalue weighted by Gasteiger charge is 1.83. The first-order valence-electron chi connectivity index (χ1n) is 7.00. The molecule has 0 aromatic heterocycles. The predicted molar refractivity (Wildman–Crippen MR) is 35.9 cm³/mol. The first kappa shape index (κ1) is 0.942. The van der Waals surface area contributed by atoms with Gasteiger partial charge >= 0.3 is 0 Å². The lowest BCUT2D eigenvalue weighted by atomic mass is 10.1. The maximum absolute atomic E-state index is 7.51. The van der Waals surface area contributed by atoms with Crippen molar-refractivity contribution in [1.29, 1.82) is 0 Å². The molecule has 0 heteroatoms. The molecule has 0 heterocycles. The molecule has 1 aromatic rings. The van der Waals surface area contributed by atoms with Gasteiger partial charge in [-0.1, -0.05) is 24.2 Å². The van der Waals surface area contributed by atoms with Gasteiger partial charge in [0.2, 0.25) is 0 Å². The Hall–Kier alpha value is -0.780. The van der Waals surface area contributed by atoms with Crippen LogP contribution < -0.4 is 0 Å². The molecule has 0 saturated heterocycles. The molecule has 42 valence electrons. The van der Waals surface area contributed by atoms with E-state index in [1.54, 1.807) is 0 Å². The molecule has 0 aliphatic rings. The van der Waals surface area contributed by atoms with Gasteiger partial charge in [0.25, 0.3) is 0 Å². The van der Waals surface area contributed by atoms with Crippen molar-refractivity contribution >= 4 is 0 Å². The second kappa shape index (κ2) is 1.99. The van der Waals surface area contributed by atoms with Crippen molar-refractivity contribution in [2.75, 3.05) is 0 Å². The van der Waals surface area contributed by atoms with E-state index in [2.05, 4.69) is 0 Å². The van der Waals surface area contributed by atoms with Crippen molar-refractivity contribution in [1.82, 2.24) is 0 Å². The van der Waals surface area contributed by atoms with Crippen molar-refractivity contribution in [2.45, 2.75) is 13.7 Å². The van der Waals surface area contributed by atoms with E-state index in [-0.39, 0.29) is 0 Å². The summed E-state index contributed by atoms with van der Waals surface area (Å²) in [5.41, 5.74) is -1.68. The average molecular weight is 116 g/mol. The number of rotatable bonds is 0. The van der Waals surface area contributed by atoms with Gasteiger partial charge < -0.3 is 0 Å². The van der Waals surface area contributed by atoms with Gasteiger partial charge in [0, 0.05) is 8.22 Å². The summed E-state index contributed by atoms with van der Waals surface area (Å²) in [6, 6.07) is -3.16. The fraction of sp³-hybridized carbons (Fsp3) is 0.250. The lowest BCUT2D eigenvalue weighted by Crippen LogP contribution is -1.74. The van der Waals surface area contributed by atoms with E-state index in [4.69, 9.17) is 13.7 Å². The van der Waals surface area contributed by atoms with Crippen LogP contribution in [0.3, 0.4) is 0 Å². The molecular formula is C8H10. The molecule has 1 aromatic carbocycles. The Balaban J connectivity index is 3.89. The van der Waals surface area contributed by atoms with Crippen LogP contribution in [0.2, 0.25) is 0 Å². The third-order valence-electron chi connectivity index (χ3n) is 0.688. The molecular weight excluding hydrogens is 96.1 g/mol. The SMILES string of the molecule is [2H]c1c([2H])c([2H])c(C([2H])([2H])[2H])c(C([2H])([2H])[2H])c1[2H]. The molecule has 0 fully saturated rings. The van der Waals surface area contributed by atoms with Crippen LogP contribution in [0, 0.1) is 13.7 Å². The minimum atomic E-state index is -2.92. The summed E-state index contributed by atoms with van der Waals surface area (Å²) in [6.07, 6.45) is 0. The zero-order valence-corrected chi connectivity index (χ0v) is 4.00. The molecule has 0 unspecified atom stereocenters. The van der Waals surface area contributed by atoms with Crippen LogP contribution in [-0.2, 0) is 0 Å². The molecule has 0 aliphatic carbocycles. The van der Waals surface area contributed by atoms with Crippen LogP contribution >= 0.6 is 0 Å². The first-order chi connectivity index (χ1) is 7.89.